The number of halogens is 3. The average Bonchev–Trinajstić information content (AvgIpc) is 3.18. The van der Waals surface area contributed by atoms with Crippen LogP contribution in [-0.4, -0.2) is 29.5 Å². The van der Waals surface area contributed by atoms with Crippen LogP contribution in [0.1, 0.15) is 10.5 Å². The zero-order valence-electron chi connectivity index (χ0n) is 18.1. The molecule has 8 nitrogen and oxygen atoms in total. The standard InChI is InChI=1S/C24H17Br2ClN4O4/c1-35-17-6-4-16(5-7-17)28-22(32)21-11-13-10-14(25)3-9-20(13)31(21)30-24(34)23(33)29-19-8-2-15(26)12-18(19)27/h2-12H,1H3,(H,28,32)(H,29,33)(H,30,34). The van der Waals surface area contributed by atoms with E-state index in [-0.39, 0.29) is 16.4 Å². The molecule has 0 bridgehead atoms. The Morgan fingerprint density at radius 1 is 0.857 bits per heavy atom. The summed E-state index contributed by atoms with van der Waals surface area (Å²) in [5.41, 5.74) is 3.95. The molecule has 3 aromatic carbocycles. The number of benzene rings is 3. The summed E-state index contributed by atoms with van der Waals surface area (Å²) in [5.74, 6) is -1.78. The fraction of sp³-hybridized carbons (Fsp3) is 0.0417. The van der Waals surface area contributed by atoms with Gasteiger partial charge in [0.1, 0.15) is 11.4 Å². The van der Waals surface area contributed by atoms with Gasteiger partial charge in [0.2, 0.25) is 0 Å². The quantitative estimate of drug-likeness (QED) is 0.246. The van der Waals surface area contributed by atoms with Crippen LogP contribution in [-0.2, 0) is 9.59 Å². The van der Waals surface area contributed by atoms with Crippen molar-refractivity contribution in [3.8, 4) is 5.75 Å². The molecule has 1 heterocycles. The van der Waals surface area contributed by atoms with Crippen molar-refractivity contribution in [2.45, 2.75) is 0 Å². The smallest absolute Gasteiger partial charge is 0.328 e. The number of methoxy groups -OCH3 is 1. The maximum atomic E-state index is 13.1. The summed E-state index contributed by atoms with van der Waals surface area (Å²) in [5, 5.41) is 6.19. The fourth-order valence-corrected chi connectivity index (χ4v) is 4.36. The van der Waals surface area contributed by atoms with E-state index in [0.717, 1.165) is 8.95 Å². The molecule has 3 amide bonds. The van der Waals surface area contributed by atoms with Gasteiger partial charge in [-0.1, -0.05) is 43.5 Å². The van der Waals surface area contributed by atoms with Crippen LogP contribution in [0.2, 0.25) is 5.02 Å². The molecule has 4 rings (SSSR count). The lowest BCUT2D eigenvalue weighted by molar-refractivity contribution is -0.133. The Kier molecular flexibility index (Phi) is 7.44. The van der Waals surface area contributed by atoms with E-state index in [1.54, 1.807) is 73.8 Å². The maximum absolute atomic E-state index is 13.1. The predicted molar refractivity (Wildman–Crippen MR) is 143 cm³/mol. The van der Waals surface area contributed by atoms with Crippen molar-refractivity contribution >= 4 is 83.5 Å². The minimum absolute atomic E-state index is 0.122. The first-order chi connectivity index (χ1) is 16.7. The van der Waals surface area contributed by atoms with E-state index in [4.69, 9.17) is 16.3 Å². The molecular formula is C24H17Br2ClN4O4. The molecule has 178 valence electrons. The van der Waals surface area contributed by atoms with Crippen LogP contribution in [0.5, 0.6) is 5.75 Å². The van der Waals surface area contributed by atoms with E-state index >= 15 is 0 Å². The molecule has 3 N–H and O–H groups in total. The molecule has 11 heteroatoms. The predicted octanol–water partition coefficient (Wildman–Crippen LogP) is 5.79. The van der Waals surface area contributed by atoms with Crippen molar-refractivity contribution in [3.05, 3.63) is 86.4 Å². The van der Waals surface area contributed by atoms with Crippen LogP contribution in [0.15, 0.2) is 75.7 Å². The van der Waals surface area contributed by atoms with Gasteiger partial charge in [0.25, 0.3) is 5.91 Å². The first kappa shape index (κ1) is 24.8. The number of hydrogen-bond acceptors (Lipinski definition) is 4. The molecule has 0 fully saturated rings. The monoisotopic (exact) mass is 618 g/mol. The summed E-state index contributed by atoms with van der Waals surface area (Å²) in [6.07, 6.45) is 0. The van der Waals surface area contributed by atoms with Gasteiger partial charge >= 0.3 is 11.8 Å². The third-order valence-electron chi connectivity index (χ3n) is 4.94. The highest BCUT2D eigenvalue weighted by molar-refractivity contribution is 9.10. The molecule has 0 aliphatic carbocycles. The molecular weight excluding hydrogens is 604 g/mol. The van der Waals surface area contributed by atoms with Crippen LogP contribution < -0.4 is 20.8 Å². The van der Waals surface area contributed by atoms with Crippen molar-refractivity contribution in [1.29, 1.82) is 0 Å². The van der Waals surface area contributed by atoms with Gasteiger partial charge in [0.15, 0.2) is 0 Å². The number of fused-ring (bicyclic) bond motifs is 1. The highest BCUT2D eigenvalue weighted by atomic mass is 79.9. The summed E-state index contributed by atoms with van der Waals surface area (Å²) >= 11 is 12.8. The van der Waals surface area contributed by atoms with Gasteiger partial charge in [0, 0.05) is 20.0 Å². The zero-order valence-corrected chi connectivity index (χ0v) is 22.0. The van der Waals surface area contributed by atoms with E-state index in [0.29, 0.717) is 22.3 Å². The normalized spacial score (nSPS) is 10.6. The largest absolute Gasteiger partial charge is 0.497 e. The molecule has 0 unspecified atom stereocenters. The average molecular weight is 621 g/mol. The minimum Gasteiger partial charge on any atom is -0.497 e. The fourth-order valence-electron chi connectivity index (χ4n) is 3.27. The van der Waals surface area contributed by atoms with Crippen LogP contribution in [0.3, 0.4) is 0 Å². The first-order valence-electron chi connectivity index (χ1n) is 10.1. The van der Waals surface area contributed by atoms with Crippen molar-refractivity contribution in [2.24, 2.45) is 0 Å². The molecule has 0 saturated carbocycles. The van der Waals surface area contributed by atoms with Gasteiger partial charge < -0.3 is 15.4 Å². The second-order valence-electron chi connectivity index (χ2n) is 7.27. The Morgan fingerprint density at radius 2 is 1.54 bits per heavy atom. The maximum Gasteiger partial charge on any atom is 0.328 e. The number of nitrogens with zero attached hydrogens (tertiary/aromatic N) is 1. The molecule has 35 heavy (non-hydrogen) atoms. The minimum atomic E-state index is -0.983. The SMILES string of the molecule is COc1ccc(NC(=O)c2cc3cc(Br)ccc3n2NC(=O)C(=O)Nc2ccc(Br)cc2Cl)cc1. The lowest BCUT2D eigenvalue weighted by Crippen LogP contribution is -2.36. The van der Waals surface area contributed by atoms with Crippen LogP contribution >= 0.6 is 43.5 Å². The van der Waals surface area contributed by atoms with Crippen molar-refractivity contribution in [2.75, 3.05) is 23.2 Å². The van der Waals surface area contributed by atoms with E-state index in [1.165, 1.54) is 4.68 Å². The summed E-state index contributed by atoms with van der Waals surface area (Å²) in [7, 11) is 1.55. The Labute approximate surface area is 221 Å². The number of carbonyl (C=O) groups is 3. The summed E-state index contributed by atoms with van der Waals surface area (Å²) in [6, 6.07) is 18.5. The molecule has 0 atom stereocenters. The number of hydrogen-bond donors (Lipinski definition) is 3. The van der Waals surface area contributed by atoms with Gasteiger partial charge in [0.05, 0.1) is 23.3 Å². The third kappa shape index (κ3) is 5.67. The van der Waals surface area contributed by atoms with Gasteiger partial charge in [-0.2, -0.15) is 0 Å². The molecule has 1 aromatic heterocycles. The number of ether oxygens (including phenoxy) is 1. The van der Waals surface area contributed by atoms with Gasteiger partial charge in [-0.25, -0.2) is 4.68 Å². The first-order valence-corrected chi connectivity index (χ1v) is 12.1. The number of aromatic nitrogens is 1. The van der Waals surface area contributed by atoms with E-state index in [1.807, 2.05) is 0 Å². The molecule has 0 saturated heterocycles. The summed E-state index contributed by atoms with van der Waals surface area (Å²) in [4.78, 5) is 38.4. The lowest BCUT2D eigenvalue weighted by atomic mass is 10.2. The highest BCUT2D eigenvalue weighted by Gasteiger charge is 2.22. The number of amides is 3. The zero-order chi connectivity index (χ0) is 25.1. The number of anilines is 2. The van der Waals surface area contributed by atoms with Crippen molar-refractivity contribution < 1.29 is 19.1 Å². The van der Waals surface area contributed by atoms with Gasteiger partial charge in [-0.05, 0) is 66.7 Å². The lowest BCUT2D eigenvalue weighted by Gasteiger charge is -2.13. The van der Waals surface area contributed by atoms with E-state index in [2.05, 4.69) is 47.9 Å². The van der Waals surface area contributed by atoms with Crippen molar-refractivity contribution in [1.82, 2.24) is 4.68 Å². The van der Waals surface area contributed by atoms with Crippen molar-refractivity contribution in [3.63, 3.8) is 0 Å². The Morgan fingerprint density at radius 3 is 2.23 bits per heavy atom. The summed E-state index contributed by atoms with van der Waals surface area (Å²) < 4.78 is 7.92. The second kappa shape index (κ2) is 10.5. The topological polar surface area (TPSA) is 101 Å². The molecule has 0 aliphatic rings. The Bertz CT molecular complexity index is 1450. The molecule has 4 aromatic rings. The van der Waals surface area contributed by atoms with E-state index < -0.39 is 17.7 Å². The Hall–Kier alpha value is -3.34. The van der Waals surface area contributed by atoms with Gasteiger partial charge in [-0.15, -0.1) is 0 Å². The van der Waals surface area contributed by atoms with Crippen LogP contribution in [0.25, 0.3) is 10.9 Å². The second-order valence-corrected chi connectivity index (χ2v) is 9.51. The molecule has 0 radical (unpaired) electrons. The number of rotatable bonds is 5. The molecule has 0 spiro atoms. The Balaban J connectivity index is 1.61. The third-order valence-corrected chi connectivity index (χ3v) is 6.24. The highest BCUT2D eigenvalue weighted by Crippen LogP contribution is 2.26. The van der Waals surface area contributed by atoms with E-state index in [9.17, 15) is 14.4 Å². The molecule has 0 aliphatic heterocycles. The number of carbonyl (C=O) groups excluding carboxylic acids is 3. The van der Waals surface area contributed by atoms with Crippen LogP contribution in [0, 0.1) is 0 Å². The number of nitrogens with one attached hydrogen (secondary N) is 3. The van der Waals surface area contributed by atoms with Gasteiger partial charge in [-0.3, -0.25) is 19.8 Å². The summed E-state index contributed by atoms with van der Waals surface area (Å²) in [6.45, 7) is 0. The van der Waals surface area contributed by atoms with Crippen LogP contribution in [0.4, 0.5) is 11.4 Å².